The largest absolute Gasteiger partial charge is 0.353 e. The third-order valence-electron chi connectivity index (χ3n) is 4.02. The quantitative estimate of drug-likeness (QED) is 0.927. The number of hydrogen-bond acceptors (Lipinski definition) is 2. The average molecular weight is 313 g/mol. The van der Waals surface area contributed by atoms with Crippen LogP contribution in [-0.2, 0) is 11.2 Å². The lowest BCUT2D eigenvalue weighted by Crippen LogP contribution is -2.47. The summed E-state index contributed by atoms with van der Waals surface area (Å²) in [6.45, 7) is 6.34. The zero-order valence-corrected chi connectivity index (χ0v) is 13.3. The van der Waals surface area contributed by atoms with Crippen molar-refractivity contribution in [2.75, 3.05) is 13.1 Å². The Kier molecular flexibility index (Phi) is 5.59. The van der Waals surface area contributed by atoms with Crippen LogP contribution in [0.5, 0.6) is 0 Å². The van der Waals surface area contributed by atoms with Gasteiger partial charge in [-0.3, -0.25) is 4.79 Å². The number of amides is 1. The van der Waals surface area contributed by atoms with E-state index >= 15 is 0 Å². The summed E-state index contributed by atoms with van der Waals surface area (Å²) in [5, 5.41) is 3.30. The lowest BCUT2D eigenvalue weighted by Gasteiger charge is -2.34. The molecule has 0 radical (unpaired) electrons. The van der Waals surface area contributed by atoms with Crippen LogP contribution in [0, 0.1) is 5.82 Å². The standard InChI is InChI=1S/C16H22ClFN2O/c1-11(2)20-8-6-12(7-9-20)19-16(21)10-13-14(17)4-3-5-15(13)18/h3-5,11-12H,6-10H2,1-2H3,(H,19,21). The van der Waals surface area contributed by atoms with E-state index in [0.29, 0.717) is 11.1 Å². The average Bonchev–Trinajstić information content (AvgIpc) is 2.43. The second-order valence-corrected chi connectivity index (χ2v) is 6.26. The van der Waals surface area contributed by atoms with Gasteiger partial charge in [0.25, 0.3) is 0 Å². The second-order valence-electron chi connectivity index (χ2n) is 5.85. The molecule has 0 bridgehead atoms. The number of piperidine rings is 1. The molecule has 0 spiro atoms. The number of hydrogen-bond donors (Lipinski definition) is 1. The number of carbonyl (C=O) groups excluding carboxylic acids is 1. The molecule has 1 aliphatic rings. The Hall–Kier alpha value is -1.13. The van der Waals surface area contributed by atoms with E-state index in [1.807, 2.05) is 0 Å². The number of likely N-dealkylation sites (tertiary alicyclic amines) is 1. The van der Waals surface area contributed by atoms with E-state index in [0.717, 1.165) is 25.9 Å². The molecule has 1 aliphatic heterocycles. The van der Waals surface area contributed by atoms with Crippen LogP contribution in [0.25, 0.3) is 0 Å². The van der Waals surface area contributed by atoms with E-state index in [1.54, 1.807) is 12.1 Å². The number of nitrogens with one attached hydrogen (secondary N) is 1. The fourth-order valence-corrected chi connectivity index (χ4v) is 2.93. The van der Waals surface area contributed by atoms with Crippen LogP contribution < -0.4 is 5.32 Å². The van der Waals surface area contributed by atoms with E-state index in [4.69, 9.17) is 11.6 Å². The van der Waals surface area contributed by atoms with Gasteiger partial charge in [0.05, 0.1) is 6.42 Å². The number of benzene rings is 1. The molecule has 1 saturated heterocycles. The maximum Gasteiger partial charge on any atom is 0.224 e. The highest BCUT2D eigenvalue weighted by Crippen LogP contribution is 2.20. The zero-order valence-electron chi connectivity index (χ0n) is 12.5. The van der Waals surface area contributed by atoms with Crippen LogP contribution in [0.4, 0.5) is 4.39 Å². The Bertz CT molecular complexity index is 479. The van der Waals surface area contributed by atoms with Gasteiger partial charge >= 0.3 is 0 Å². The Morgan fingerprint density at radius 1 is 1.43 bits per heavy atom. The van der Waals surface area contributed by atoms with Gasteiger partial charge in [-0.1, -0.05) is 17.7 Å². The fourth-order valence-electron chi connectivity index (χ4n) is 2.70. The SMILES string of the molecule is CC(C)N1CCC(NC(=O)Cc2c(F)cccc2Cl)CC1. The Morgan fingerprint density at radius 3 is 2.67 bits per heavy atom. The van der Waals surface area contributed by atoms with Gasteiger partial charge in [-0.15, -0.1) is 0 Å². The highest BCUT2D eigenvalue weighted by atomic mass is 35.5. The molecule has 1 heterocycles. The zero-order chi connectivity index (χ0) is 15.4. The van der Waals surface area contributed by atoms with Crippen molar-refractivity contribution < 1.29 is 9.18 Å². The molecule has 0 aromatic heterocycles. The second kappa shape index (κ2) is 7.23. The summed E-state index contributed by atoms with van der Waals surface area (Å²) in [6.07, 6.45) is 1.87. The van der Waals surface area contributed by atoms with Gasteiger partial charge in [0.15, 0.2) is 0 Å². The smallest absolute Gasteiger partial charge is 0.224 e. The highest BCUT2D eigenvalue weighted by Gasteiger charge is 2.22. The first kappa shape index (κ1) is 16.2. The maximum atomic E-state index is 13.7. The molecule has 1 N–H and O–H groups in total. The number of carbonyl (C=O) groups is 1. The van der Waals surface area contributed by atoms with E-state index in [-0.39, 0.29) is 23.9 Å². The van der Waals surface area contributed by atoms with Crippen molar-refractivity contribution in [3.05, 3.63) is 34.6 Å². The van der Waals surface area contributed by atoms with Gasteiger partial charge < -0.3 is 10.2 Å². The van der Waals surface area contributed by atoms with Gasteiger partial charge in [-0.25, -0.2) is 4.39 Å². The molecule has 1 aromatic rings. The van der Waals surface area contributed by atoms with Crippen LogP contribution in [0.2, 0.25) is 5.02 Å². The number of rotatable bonds is 4. The normalized spacial score (nSPS) is 17.2. The molecule has 3 nitrogen and oxygen atoms in total. The van der Waals surface area contributed by atoms with Crippen molar-refractivity contribution in [3.63, 3.8) is 0 Å². The van der Waals surface area contributed by atoms with Gasteiger partial charge in [0.1, 0.15) is 5.82 Å². The molecular weight excluding hydrogens is 291 g/mol. The predicted molar refractivity (Wildman–Crippen MR) is 83.0 cm³/mol. The molecule has 0 atom stereocenters. The minimum atomic E-state index is -0.424. The molecule has 1 amide bonds. The molecule has 116 valence electrons. The van der Waals surface area contributed by atoms with Gasteiger partial charge in [-0.05, 0) is 38.8 Å². The van der Waals surface area contributed by atoms with E-state index in [2.05, 4.69) is 24.1 Å². The fraction of sp³-hybridized carbons (Fsp3) is 0.562. The van der Waals surface area contributed by atoms with Crippen LogP contribution in [0.3, 0.4) is 0 Å². The number of halogens is 2. The summed E-state index contributed by atoms with van der Waals surface area (Å²) in [5.74, 6) is -0.586. The molecule has 1 fully saturated rings. The van der Waals surface area contributed by atoms with Crippen molar-refractivity contribution in [2.24, 2.45) is 0 Å². The maximum absolute atomic E-state index is 13.7. The third kappa shape index (κ3) is 4.42. The van der Waals surface area contributed by atoms with E-state index < -0.39 is 5.82 Å². The Morgan fingerprint density at radius 2 is 2.10 bits per heavy atom. The van der Waals surface area contributed by atoms with Crippen molar-refractivity contribution in [2.45, 2.75) is 45.2 Å². The van der Waals surface area contributed by atoms with Gasteiger partial charge in [0, 0.05) is 35.8 Å². The summed E-state index contributed by atoms with van der Waals surface area (Å²) in [6, 6.07) is 5.20. The first-order valence-electron chi connectivity index (χ1n) is 7.43. The summed E-state index contributed by atoms with van der Waals surface area (Å²) in [7, 11) is 0. The lowest BCUT2D eigenvalue weighted by atomic mass is 10.0. The minimum Gasteiger partial charge on any atom is -0.353 e. The lowest BCUT2D eigenvalue weighted by molar-refractivity contribution is -0.121. The Balaban J connectivity index is 1.86. The molecule has 21 heavy (non-hydrogen) atoms. The molecule has 0 aliphatic carbocycles. The van der Waals surface area contributed by atoms with Crippen molar-refractivity contribution >= 4 is 17.5 Å². The molecular formula is C16H22ClFN2O. The van der Waals surface area contributed by atoms with Crippen LogP contribution >= 0.6 is 11.6 Å². The van der Waals surface area contributed by atoms with Crippen LogP contribution in [-0.4, -0.2) is 36.0 Å². The molecule has 5 heteroatoms. The van der Waals surface area contributed by atoms with Crippen LogP contribution in [0.1, 0.15) is 32.3 Å². The van der Waals surface area contributed by atoms with Gasteiger partial charge in [0.2, 0.25) is 5.91 Å². The minimum absolute atomic E-state index is 0.00407. The summed E-state index contributed by atoms with van der Waals surface area (Å²) >= 11 is 5.94. The summed E-state index contributed by atoms with van der Waals surface area (Å²) < 4.78 is 13.7. The van der Waals surface area contributed by atoms with Crippen molar-refractivity contribution in [1.82, 2.24) is 10.2 Å². The molecule has 1 aromatic carbocycles. The van der Waals surface area contributed by atoms with Crippen molar-refractivity contribution in [3.8, 4) is 0 Å². The van der Waals surface area contributed by atoms with E-state index in [1.165, 1.54) is 6.07 Å². The third-order valence-corrected chi connectivity index (χ3v) is 4.38. The Labute approximate surface area is 130 Å². The monoisotopic (exact) mass is 312 g/mol. The number of nitrogens with zero attached hydrogens (tertiary/aromatic N) is 1. The van der Waals surface area contributed by atoms with Crippen molar-refractivity contribution in [1.29, 1.82) is 0 Å². The summed E-state index contributed by atoms with van der Waals surface area (Å²) in [4.78, 5) is 14.4. The van der Waals surface area contributed by atoms with Crippen LogP contribution in [0.15, 0.2) is 18.2 Å². The summed E-state index contributed by atoms with van der Waals surface area (Å²) in [5.41, 5.74) is 0.274. The van der Waals surface area contributed by atoms with Gasteiger partial charge in [-0.2, -0.15) is 0 Å². The first-order valence-corrected chi connectivity index (χ1v) is 7.81. The first-order chi connectivity index (χ1) is 9.97. The topological polar surface area (TPSA) is 32.3 Å². The highest BCUT2D eigenvalue weighted by molar-refractivity contribution is 6.31. The molecule has 0 saturated carbocycles. The van der Waals surface area contributed by atoms with E-state index in [9.17, 15) is 9.18 Å². The predicted octanol–water partition coefficient (Wildman–Crippen LogP) is 3.01. The molecule has 2 rings (SSSR count). The molecule has 0 unspecified atom stereocenters.